The summed E-state index contributed by atoms with van der Waals surface area (Å²) in [6, 6.07) is 18.1. The van der Waals surface area contributed by atoms with E-state index in [1.807, 2.05) is 30.3 Å². The third-order valence-electron chi connectivity index (χ3n) is 5.60. The van der Waals surface area contributed by atoms with Crippen LogP contribution in [-0.2, 0) is 20.9 Å². The molecule has 10 heteroatoms. The average molecular weight is 586 g/mol. The molecule has 0 fully saturated rings. The Morgan fingerprint density at radius 1 is 1.02 bits per heavy atom. The molecule has 0 aromatic heterocycles. The van der Waals surface area contributed by atoms with Crippen molar-refractivity contribution in [1.82, 2.24) is 5.32 Å². The van der Waals surface area contributed by atoms with Gasteiger partial charge in [0.2, 0.25) is 0 Å². The zero-order valence-electron chi connectivity index (χ0n) is 22.5. The van der Waals surface area contributed by atoms with Gasteiger partial charge in [-0.05, 0) is 79.9 Å². The SMILES string of the molecule is COC(=O)/C(=C/c1ccc2c(c1)OC[C@H](c1cccc(OCc3ccc(Cl)c(Cl)c3)c1)O2)NC(=O)OC(C)(C)C. The van der Waals surface area contributed by atoms with E-state index >= 15 is 0 Å². The summed E-state index contributed by atoms with van der Waals surface area (Å²) in [5, 5.41) is 3.41. The van der Waals surface area contributed by atoms with E-state index in [1.54, 1.807) is 51.1 Å². The molecule has 1 atom stereocenters. The van der Waals surface area contributed by atoms with Gasteiger partial charge in [0.15, 0.2) is 17.6 Å². The van der Waals surface area contributed by atoms with Crippen molar-refractivity contribution in [2.75, 3.05) is 13.7 Å². The summed E-state index contributed by atoms with van der Waals surface area (Å²) in [7, 11) is 1.23. The number of nitrogens with one attached hydrogen (secondary N) is 1. The van der Waals surface area contributed by atoms with Crippen LogP contribution < -0.4 is 19.5 Å². The van der Waals surface area contributed by atoms with Crippen molar-refractivity contribution in [3.8, 4) is 17.2 Å². The highest BCUT2D eigenvalue weighted by molar-refractivity contribution is 6.42. The summed E-state index contributed by atoms with van der Waals surface area (Å²) < 4.78 is 28.2. The van der Waals surface area contributed by atoms with E-state index in [0.29, 0.717) is 39.5 Å². The monoisotopic (exact) mass is 585 g/mol. The highest BCUT2D eigenvalue weighted by atomic mass is 35.5. The first kappa shape index (κ1) is 29.1. The molecule has 40 heavy (non-hydrogen) atoms. The topological polar surface area (TPSA) is 92.3 Å². The van der Waals surface area contributed by atoms with Crippen LogP contribution in [0, 0.1) is 0 Å². The molecule has 0 bridgehead atoms. The number of carbonyl (C=O) groups excluding carboxylic acids is 2. The lowest BCUT2D eigenvalue weighted by Crippen LogP contribution is -2.34. The molecule has 0 saturated carbocycles. The van der Waals surface area contributed by atoms with Crippen molar-refractivity contribution in [1.29, 1.82) is 0 Å². The van der Waals surface area contributed by atoms with E-state index in [9.17, 15) is 9.59 Å². The number of rotatable bonds is 7. The van der Waals surface area contributed by atoms with Gasteiger partial charge in [-0.15, -0.1) is 0 Å². The maximum atomic E-state index is 12.3. The van der Waals surface area contributed by atoms with Gasteiger partial charge in [-0.2, -0.15) is 0 Å². The Hall–Kier alpha value is -3.88. The molecule has 3 aromatic rings. The average Bonchev–Trinajstić information content (AvgIpc) is 2.91. The van der Waals surface area contributed by atoms with E-state index in [-0.39, 0.29) is 18.4 Å². The van der Waals surface area contributed by atoms with Gasteiger partial charge in [-0.1, -0.05) is 47.5 Å². The molecule has 0 aliphatic carbocycles. The molecule has 0 unspecified atom stereocenters. The van der Waals surface area contributed by atoms with Gasteiger partial charge >= 0.3 is 12.1 Å². The second-order valence-electron chi connectivity index (χ2n) is 9.91. The predicted octanol–water partition coefficient (Wildman–Crippen LogP) is 7.12. The number of fused-ring (bicyclic) bond motifs is 1. The van der Waals surface area contributed by atoms with Crippen LogP contribution in [-0.4, -0.2) is 31.4 Å². The predicted molar refractivity (Wildman–Crippen MR) is 152 cm³/mol. The van der Waals surface area contributed by atoms with Crippen molar-refractivity contribution < 1.29 is 33.3 Å². The molecule has 4 rings (SSSR count). The minimum absolute atomic E-state index is 0.0796. The van der Waals surface area contributed by atoms with Crippen molar-refractivity contribution in [3.05, 3.63) is 93.1 Å². The molecular weight excluding hydrogens is 557 g/mol. The van der Waals surface area contributed by atoms with Crippen LogP contribution in [0.1, 0.15) is 43.6 Å². The molecule has 1 amide bonds. The molecule has 3 aromatic carbocycles. The Balaban J connectivity index is 1.44. The second kappa shape index (κ2) is 12.5. The number of halogens is 2. The van der Waals surface area contributed by atoms with Crippen LogP contribution in [0.15, 0.2) is 66.4 Å². The number of ether oxygens (including phenoxy) is 5. The number of amides is 1. The highest BCUT2D eigenvalue weighted by Crippen LogP contribution is 2.38. The molecular formula is C30H29Cl2NO7. The Morgan fingerprint density at radius 3 is 2.55 bits per heavy atom. The third kappa shape index (κ3) is 7.83. The van der Waals surface area contributed by atoms with Crippen molar-refractivity contribution in [2.45, 2.75) is 39.1 Å². The quantitative estimate of drug-likeness (QED) is 0.233. The molecule has 0 spiro atoms. The number of alkyl carbamates (subject to hydrolysis) is 1. The smallest absolute Gasteiger partial charge is 0.412 e. The summed E-state index contributed by atoms with van der Waals surface area (Å²) in [4.78, 5) is 24.5. The number of esters is 1. The second-order valence-corrected chi connectivity index (χ2v) is 10.7. The van der Waals surface area contributed by atoms with E-state index in [4.69, 9.17) is 46.9 Å². The van der Waals surface area contributed by atoms with Gasteiger partial charge in [0, 0.05) is 0 Å². The maximum absolute atomic E-state index is 12.3. The summed E-state index contributed by atoms with van der Waals surface area (Å²) in [5.41, 5.74) is 1.57. The fourth-order valence-corrected chi connectivity index (χ4v) is 4.10. The zero-order chi connectivity index (χ0) is 28.9. The van der Waals surface area contributed by atoms with Crippen LogP contribution in [0.4, 0.5) is 4.79 Å². The lowest BCUT2D eigenvalue weighted by atomic mass is 10.1. The Labute approximate surface area is 242 Å². The number of methoxy groups -OCH3 is 1. The van der Waals surface area contributed by atoms with E-state index in [1.165, 1.54) is 13.2 Å². The summed E-state index contributed by atoms with van der Waals surface area (Å²) in [6.45, 7) is 5.77. The lowest BCUT2D eigenvalue weighted by molar-refractivity contribution is -0.136. The molecule has 0 saturated heterocycles. The molecule has 8 nitrogen and oxygen atoms in total. The number of hydrogen-bond acceptors (Lipinski definition) is 7. The van der Waals surface area contributed by atoms with Crippen LogP contribution in [0.3, 0.4) is 0 Å². The molecule has 1 heterocycles. The van der Waals surface area contributed by atoms with Gasteiger partial charge in [0.25, 0.3) is 0 Å². The normalized spacial score (nSPS) is 14.8. The van der Waals surface area contributed by atoms with E-state index in [0.717, 1.165) is 11.1 Å². The molecule has 1 aliphatic heterocycles. The summed E-state index contributed by atoms with van der Waals surface area (Å²) >= 11 is 12.1. The molecule has 210 valence electrons. The Bertz CT molecular complexity index is 1430. The van der Waals surface area contributed by atoms with Crippen LogP contribution in [0.2, 0.25) is 10.0 Å². The minimum atomic E-state index is -0.771. The summed E-state index contributed by atoms with van der Waals surface area (Å²) in [5.74, 6) is 0.988. The van der Waals surface area contributed by atoms with Crippen LogP contribution in [0.25, 0.3) is 6.08 Å². The van der Waals surface area contributed by atoms with Crippen molar-refractivity contribution in [2.24, 2.45) is 0 Å². The first-order chi connectivity index (χ1) is 19.0. The van der Waals surface area contributed by atoms with Crippen molar-refractivity contribution >= 4 is 41.3 Å². The maximum Gasteiger partial charge on any atom is 0.412 e. The van der Waals surface area contributed by atoms with Gasteiger partial charge in [-0.3, -0.25) is 5.32 Å². The number of carbonyl (C=O) groups is 2. The molecule has 0 radical (unpaired) electrons. The van der Waals surface area contributed by atoms with E-state index < -0.39 is 17.7 Å². The largest absolute Gasteiger partial charge is 0.489 e. The van der Waals surface area contributed by atoms with Crippen molar-refractivity contribution in [3.63, 3.8) is 0 Å². The van der Waals surface area contributed by atoms with Crippen LogP contribution >= 0.6 is 23.2 Å². The van der Waals surface area contributed by atoms with Gasteiger partial charge in [0.05, 0.1) is 17.2 Å². The first-order valence-corrected chi connectivity index (χ1v) is 13.2. The van der Waals surface area contributed by atoms with E-state index in [2.05, 4.69) is 5.32 Å². The van der Waals surface area contributed by atoms with Gasteiger partial charge < -0.3 is 23.7 Å². The number of benzene rings is 3. The highest BCUT2D eigenvalue weighted by Gasteiger charge is 2.24. The molecule has 1 aliphatic rings. The fourth-order valence-electron chi connectivity index (χ4n) is 3.78. The minimum Gasteiger partial charge on any atom is -0.489 e. The fraction of sp³-hybridized carbons (Fsp3) is 0.267. The van der Waals surface area contributed by atoms with Gasteiger partial charge in [-0.25, -0.2) is 9.59 Å². The van der Waals surface area contributed by atoms with Crippen LogP contribution in [0.5, 0.6) is 17.2 Å². The van der Waals surface area contributed by atoms with Gasteiger partial charge in [0.1, 0.15) is 30.3 Å². The third-order valence-corrected chi connectivity index (χ3v) is 6.34. The summed E-state index contributed by atoms with van der Waals surface area (Å²) in [6.07, 6.45) is 0.342. The zero-order valence-corrected chi connectivity index (χ0v) is 24.0. The standard InChI is InChI=1S/C30H29Cl2NO7/c1-30(2,3)40-29(35)33-24(28(34)36-4)13-18-9-11-25-26(14-18)38-17-27(39-25)20-6-5-7-21(15-20)37-16-19-8-10-22(31)23(32)12-19/h5-15,27H,16-17H2,1-4H3,(H,33,35)/b24-13-/t27-/m1/s1. The molecule has 1 N–H and O–H groups in total. The first-order valence-electron chi connectivity index (χ1n) is 12.4. The number of hydrogen-bond donors (Lipinski definition) is 1. The Kier molecular flexibility index (Phi) is 9.12. The lowest BCUT2D eigenvalue weighted by Gasteiger charge is -2.27. The Morgan fingerprint density at radius 2 is 1.82 bits per heavy atom.